The SMILES string of the molecule is CCOC(=O)c1nn(C(C)(C)C)c2c1C1C(C)C(C)C1C2(F)F. The van der Waals surface area contributed by atoms with Gasteiger partial charge in [0.25, 0.3) is 5.92 Å². The van der Waals surface area contributed by atoms with E-state index >= 15 is 8.78 Å². The molecule has 6 heteroatoms. The summed E-state index contributed by atoms with van der Waals surface area (Å²) < 4.78 is 36.6. The quantitative estimate of drug-likeness (QED) is 0.774. The molecule has 23 heavy (non-hydrogen) atoms. The Hall–Kier alpha value is -1.46. The number of hydrogen-bond acceptors (Lipinski definition) is 3. The molecular weight excluding hydrogens is 302 g/mol. The van der Waals surface area contributed by atoms with Crippen molar-refractivity contribution >= 4 is 5.97 Å². The van der Waals surface area contributed by atoms with Crippen molar-refractivity contribution in [2.24, 2.45) is 17.8 Å². The van der Waals surface area contributed by atoms with Crippen LogP contribution in [0.15, 0.2) is 0 Å². The van der Waals surface area contributed by atoms with Crippen LogP contribution in [-0.4, -0.2) is 22.4 Å². The van der Waals surface area contributed by atoms with Crippen molar-refractivity contribution in [3.8, 4) is 0 Å². The van der Waals surface area contributed by atoms with Gasteiger partial charge in [0.1, 0.15) is 5.69 Å². The van der Waals surface area contributed by atoms with Crippen LogP contribution in [0.5, 0.6) is 0 Å². The molecule has 0 radical (unpaired) electrons. The van der Waals surface area contributed by atoms with Crippen LogP contribution < -0.4 is 0 Å². The van der Waals surface area contributed by atoms with Crippen molar-refractivity contribution in [3.05, 3.63) is 17.0 Å². The Morgan fingerprint density at radius 2 is 1.91 bits per heavy atom. The Labute approximate surface area is 135 Å². The molecular formula is C17H24F2N2O2. The van der Waals surface area contributed by atoms with Gasteiger partial charge >= 0.3 is 5.97 Å². The zero-order valence-electron chi connectivity index (χ0n) is 14.5. The molecule has 0 N–H and O–H groups in total. The maximum Gasteiger partial charge on any atom is 0.359 e. The first-order valence-electron chi connectivity index (χ1n) is 8.22. The molecule has 3 rings (SSSR count). The lowest BCUT2D eigenvalue weighted by Crippen LogP contribution is -2.46. The molecule has 4 nitrogen and oxygen atoms in total. The molecule has 1 aromatic heterocycles. The molecule has 2 aliphatic rings. The summed E-state index contributed by atoms with van der Waals surface area (Å²) in [5.41, 5.74) is -0.227. The van der Waals surface area contributed by atoms with Gasteiger partial charge in [-0.2, -0.15) is 13.9 Å². The van der Waals surface area contributed by atoms with Gasteiger partial charge in [-0.3, -0.25) is 4.68 Å². The minimum Gasteiger partial charge on any atom is -0.461 e. The predicted octanol–water partition coefficient (Wildman–Crippen LogP) is 3.91. The molecule has 0 spiro atoms. The smallest absolute Gasteiger partial charge is 0.359 e. The topological polar surface area (TPSA) is 44.1 Å². The third-order valence-electron chi connectivity index (χ3n) is 5.44. The Kier molecular flexibility index (Phi) is 3.40. The molecule has 2 aliphatic carbocycles. The number of rotatable bonds is 2. The van der Waals surface area contributed by atoms with Crippen molar-refractivity contribution < 1.29 is 18.3 Å². The molecule has 0 aliphatic heterocycles. The van der Waals surface area contributed by atoms with Gasteiger partial charge in [-0.05, 0) is 39.5 Å². The molecule has 1 aromatic rings. The molecule has 1 heterocycles. The van der Waals surface area contributed by atoms with Gasteiger partial charge in [0, 0.05) is 17.4 Å². The third-order valence-corrected chi connectivity index (χ3v) is 5.44. The molecule has 1 fully saturated rings. The summed E-state index contributed by atoms with van der Waals surface area (Å²) in [6, 6.07) is 0. The van der Waals surface area contributed by atoms with E-state index in [0.717, 1.165) is 0 Å². The number of halogens is 2. The van der Waals surface area contributed by atoms with Crippen LogP contribution in [0, 0.1) is 17.8 Å². The summed E-state index contributed by atoms with van der Waals surface area (Å²) in [6.07, 6.45) is 0. The first kappa shape index (κ1) is 16.4. The fourth-order valence-corrected chi connectivity index (χ4v) is 4.22. The number of esters is 1. The Morgan fingerprint density at radius 1 is 1.30 bits per heavy atom. The van der Waals surface area contributed by atoms with E-state index in [1.807, 2.05) is 34.6 Å². The highest BCUT2D eigenvalue weighted by atomic mass is 19.3. The highest BCUT2D eigenvalue weighted by Crippen LogP contribution is 2.68. The second kappa shape index (κ2) is 4.77. The first-order chi connectivity index (χ1) is 10.5. The van der Waals surface area contributed by atoms with Crippen molar-refractivity contribution in [3.63, 3.8) is 0 Å². The maximum absolute atomic E-state index is 15.1. The van der Waals surface area contributed by atoms with Crippen LogP contribution in [0.1, 0.15) is 69.2 Å². The van der Waals surface area contributed by atoms with Crippen LogP contribution in [0.3, 0.4) is 0 Å². The minimum absolute atomic E-state index is 0.0719. The third kappa shape index (κ3) is 1.99. The van der Waals surface area contributed by atoms with Gasteiger partial charge in [-0.15, -0.1) is 0 Å². The van der Waals surface area contributed by atoms with Gasteiger partial charge in [0.15, 0.2) is 5.69 Å². The number of aromatic nitrogens is 2. The summed E-state index contributed by atoms with van der Waals surface area (Å²) in [4.78, 5) is 12.3. The minimum atomic E-state index is -2.96. The van der Waals surface area contributed by atoms with Gasteiger partial charge in [0.2, 0.25) is 0 Å². The van der Waals surface area contributed by atoms with E-state index < -0.39 is 23.3 Å². The summed E-state index contributed by atoms with van der Waals surface area (Å²) in [5, 5.41) is 4.26. The number of alkyl halides is 2. The number of nitrogens with zero attached hydrogens (tertiary/aromatic N) is 2. The van der Waals surface area contributed by atoms with E-state index in [4.69, 9.17) is 4.74 Å². The lowest BCUT2D eigenvalue weighted by molar-refractivity contribution is -0.143. The molecule has 0 aromatic carbocycles. The van der Waals surface area contributed by atoms with Crippen LogP contribution in [0.25, 0.3) is 0 Å². The van der Waals surface area contributed by atoms with Crippen molar-refractivity contribution in [1.29, 1.82) is 0 Å². The molecule has 4 atom stereocenters. The largest absolute Gasteiger partial charge is 0.461 e. The first-order valence-corrected chi connectivity index (χ1v) is 8.22. The fourth-order valence-electron chi connectivity index (χ4n) is 4.22. The van der Waals surface area contributed by atoms with Gasteiger partial charge in [-0.1, -0.05) is 13.8 Å². The number of hydrogen-bond donors (Lipinski definition) is 0. The Bertz CT molecular complexity index is 660. The molecule has 128 valence electrons. The molecule has 4 unspecified atom stereocenters. The van der Waals surface area contributed by atoms with Crippen molar-refractivity contribution in [2.75, 3.05) is 6.61 Å². The van der Waals surface area contributed by atoms with Gasteiger partial charge in [0.05, 0.1) is 12.1 Å². The highest BCUT2D eigenvalue weighted by molar-refractivity contribution is 5.90. The van der Waals surface area contributed by atoms with Crippen LogP contribution in [-0.2, 0) is 16.2 Å². The van der Waals surface area contributed by atoms with Crippen LogP contribution >= 0.6 is 0 Å². The summed E-state index contributed by atoms with van der Waals surface area (Å²) in [6.45, 7) is 11.2. The normalized spacial score (nSPS) is 31.3. The molecule has 0 saturated heterocycles. The van der Waals surface area contributed by atoms with Gasteiger partial charge < -0.3 is 4.74 Å². The number of carbonyl (C=O) groups excluding carboxylic acids is 1. The maximum atomic E-state index is 15.1. The number of ether oxygens (including phenoxy) is 1. The fraction of sp³-hybridized carbons (Fsp3) is 0.765. The molecule has 1 saturated carbocycles. The Balaban J connectivity index is 2.24. The number of carbonyl (C=O) groups is 1. The zero-order valence-corrected chi connectivity index (χ0v) is 14.5. The van der Waals surface area contributed by atoms with E-state index in [-0.39, 0.29) is 35.7 Å². The average Bonchev–Trinajstić information content (AvgIpc) is 2.91. The standard InChI is InChI=1S/C17H24F2N2O2/c1-7-23-15(22)13-11-10-8(2)9(3)12(10)17(18,19)14(11)21(20-13)16(4,5)6/h8-10,12H,7H2,1-6H3. The number of fused-ring (bicyclic) bond motifs is 3. The monoisotopic (exact) mass is 326 g/mol. The van der Waals surface area contributed by atoms with E-state index in [9.17, 15) is 4.79 Å². The predicted molar refractivity (Wildman–Crippen MR) is 81.6 cm³/mol. The van der Waals surface area contributed by atoms with Crippen molar-refractivity contribution in [1.82, 2.24) is 9.78 Å². The highest BCUT2D eigenvalue weighted by Gasteiger charge is 2.68. The van der Waals surface area contributed by atoms with Crippen LogP contribution in [0.4, 0.5) is 8.78 Å². The van der Waals surface area contributed by atoms with E-state index in [2.05, 4.69) is 5.10 Å². The van der Waals surface area contributed by atoms with Crippen LogP contribution in [0.2, 0.25) is 0 Å². The second-order valence-corrected chi connectivity index (χ2v) is 7.81. The Morgan fingerprint density at radius 3 is 2.43 bits per heavy atom. The lowest BCUT2D eigenvalue weighted by Gasteiger charge is -2.47. The molecule has 0 bridgehead atoms. The van der Waals surface area contributed by atoms with E-state index in [1.54, 1.807) is 6.92 Å². The van der Waals surface area contributed by atoms with E-state index in [0.29, 0.717) is 5.56 Å². The summed E-state index contributed by atoms with van der Waals surface area (Å²) >= 11 is 0. The second-order valence-electron chi connectivity index (χ2n) is 7.81. The summed E-state index contributed by atoms with van der Waals surface area (Å²) in [7, 11) is 0. The van der Waals surface area contributed by atoms with E-state index in [1.165, 1.54) is 4.68 Å². The lowest BCUT2D eigenvalue weighted by atomic mass is 9.57. The zero-order chi connectivity index (χ0) is 17.3. The van der Waals surface area contributed by atoms with Crippen molar-refractivity contribution in [2.45, 2.75) is 58.9 Å². The average molecular weight is 326 g/mol. The van der Waals surface area contributed by atoms with Gasteiger partial charge in [-0.25, -0.2) is 4.79 Å². The summed E-state index contributed by atoms with van der Waals surface area (Å²) in [5.74, 6) is -4.59. The molecule has 0 amide bonds.